The van der Waals surface area contributed by atoms with Crippen molar-refractivity contribution in [2.45, 2.75) is 19.3 Å². The Morgan fingerprint density at radius 1 is 0.478 bits per heavy atom. The molecule has 216 valence electrons. The van der Waals surface area contributed by atoms with Crippen LogP contribution in [0.1, 0.15) is 25.0 Å². The molecule has 3 aromatic heterocycles. The molecule has 0 spiro atoms. The Labute approximate surface area is 264 Å². The highest BCUT2D eigenvalue weighted by Crippen LogP contribution is 2.49. The largest absolute Gasteiger partial charge is 0.456 e. The Kier molecular flexibility index (Phi) is 5.03. The van der Waals surface area contributed by atoms with Crippen LogP contribution in [0.4, 0.5) is 0 Å². The number of benzene rings is 6. The topological polar surface area (TPSA) is 51.8 Å². The van der Waals surface area contributed by atoms with E-state index in [0.29, 0.717) is 17.1 Å². The Morgan fingerprint density at radius 3 is 2.09 bits per heavy atom. The summed E-state index contributed by atoms with van der Waals surface area (Å²) in [5, 5.41) is 8.50. The van der Waals surface area contributed by atoms with E-state index in [1.807, 2.05) is 12.1 Å². The van der Waals surface area contributed by atoms with Crippen molar-refractivity contribution in [1.29, 1.82) is 0 Å². The van der Waals surface area contributed by atoms with Crippen molar-refractivity contribution in [1.82, 2.24) is 15.0 Å². The van der Waals surface area contributed by atoms with Gasteiger partial charge in [-0.3, -0.25) is 0 Å². The van der Waals surface area contributed by atoms with Crippen molar-refractivity contribution in [3.63, 3.8) is 0 Å². The maximum absolute atomic E-state index is 6.39. The van der Waals surface area contributed by atoms with Crippen molar-refractivity contribution in [2.24, 2.45) is 0 Å². The summed E-state index contributed by atoms with van der Waals surface area (Å²) < 4.78 is 6.39. The first-order valence-corrected chi connectivity index (χ1v) is 15.7. The third-order valence-corrected chi connectivity index (χ3v) is 9.88. The molecule has 4 heteroatoms. The molecule has 0 fully saturated rings. The van der Waals surface area contributed by atoms with Crippen LogP contribution in [-0.2, 0) is 5.41 Å². The van der Waals surface area contributed by atoms with Crippen molar-refractivity contribution >= 4 is 65.6 Å². The van der Waals surface area contributed by atoms with Crippen LogP contribution in [0.25, 0.3) is 88.1 Å². The number of rotatable bonds is 1. The molecule has 10 rings (SSSR count). The third kappa shape index (κ3) is 3.52. The average molecular weight is 590 g/mol. The smallest absolute Gasteiger partial charge is 0.164 e. The molecule has 3 heterocycles. The van der Waals surface area contributed by atoms with Gasteiger partial charge in [-0.1, -0.05) is 111 Å². The fraction of sp³-hybridized carbons (Fsp3) is 0.0714. The molecule has 1 aliphatic carbocycles. The summed E-state index contributed by atoms with van der Waals surface area (Å²) in [7, 11) is 0. The normalized spacial score (nSPS) is 13.6. The molecule has 0 atom stereocenters. The van der Waals surface area contributed by atoms with E-state index in [0.717, 1.165) is 54.4 Å². The number of aromatic nitrogens is 3. The van der Waals surface area contributed by atoms with Gasteiger partial charge < -0.3 is 4.42 Å². The van der Waals surface area contributed by atoms with Crippen LogP contribution < -0.4 is 0 Å². The van der Waals surface area contributed by atoms with Crippen LogP contribution in [0.3, 0.4) is 0 Å². The van der Waals surface area contributed by atoms with Gasteiger partial charge in [-0.2, -0.15) is 0 Å². The molecular formula is C42H27N3O. The van der Waals surface area contributed by atoms with E-state index < -0.39 is 0 Å². The standard InChI is InChI=1S/C42H27N3O/c1-42(2)34-15-6-5-13-30(34)32-23-27(17-19-35(32)42)40-43-39-26-10-7-9-24(21-26)28-11-3-4-12-29(28)25-18-20-36-33(22-25)38-31(41(44-39)45-40)14-8-16-37(38)46-36/h3-23H,1-2H3. The monoisotopic (exact) mass is 589 g/mol. The molecule has 0 saturated carbocycles. The Hall–Kier alpha value is -5.87. The Balaban J connectivity index is 1.38. The lowest BCUT2D eigenvalue weighted by molar-refractivity contribution is 0.660. The van der Waals surface area contributed by atoms with Crippen LogP contribution in [0.15, 0.2) is 132 Å². The molecule has 46 heavy (non-hydrogen) atoms. The number of furan rings is 1. The second kappa shape index (κ2) is 9.09. The Bertz CT molecular complexity index is 2790. The van der Waals surface area contributed by atoms with Crippen molar-refractivity contribution < 1.29 is 4.42 Å². The van der Waals surface area contributed by atoms with Crippen LogP contribution in [-0.4, -0.2) is 15.0 Å². The first-order valence-electron chi connectivity index (χ1n) is 15.7. The summed E-state index contributed by atoms with van der Waals surface area (Å²) in [4.78, 5) is 15.5. The van der Waals surface area contributed by atoms with Crippen molar-refractivity contribution in [3.05, 3.63) is 139 Å². The molecule has 0 amide bonds. The summed E-state index contributed by atoms with van der Waals surface area (Å²) in [6.45, 7) is 4.60. The second-order valence-corrected chi connectivity index (χ2v) is 12.9. The summed E-state index contributed by atoms with van der Waals surface area (Å²) >= 11 is 0. The lowest BCUT2D eigenvalue weighted by Crippen LogP contribution is -2.14. The summed E-state index contributed by atoms with van der Waals surface area (Å²) in [6, 6.07) is 45.1. The molecule has 0 radical (unpaired) electrons. The van der Waals surface area contributed by atoms with E-state index in [1.54, 1.807) is 0 Å². The van der Waals surface area contributed by atoms with Gasteiger partial charge in [-0.15, -0.1) is 0 Å². The minimum Gasteiger partial charge on any atom is -0.456 e. The van der Waals surface area contributed by atoms with E-state index in [2.05, 4.69) is 129 Å². The van der Waals surface area contributed by atoms with Gasteiger partial charge >= 0.3 is 0 Å². The van der Waals surface area contributed by atoms with Crippen LogP contribution >= 0.6 is 0 Å². The molecule has 6 aromatic carbocycles. The number of hydrogen-bond donors (Lipinski definition) is 0. The first kappa shape index (κ1) is 25.5. The molecule has 6 bridgehead atoms. The average Bonchev–Trinajstić information content (AvgIpc) is 3.59. The number of hydrogen-bond acceptors (Lipinski definition) is 4. The lowest BCUT2D eigenvalue weighted by Gasteiger charge is -2.21. The highest BCUT2D eigenvalue weighted by atomic mass is 16.3. The molecule has 1 aliphatic rings. The SMILES string of the molecule is CC1(C)c2ccccc2-c2cc(-c3nc4nc(n3)c3cccc5oc6ccc(cc6c53)c3ccccc3c3cccc4c3)ccc21. The molecule has 0 saturated heterocycles. The molecule has 4 nitrogen and oxygen atoms in total. The highest BCUT2D eigenvalue weighted by molar-refractivity contribution is 6.19. The number of nitrogens with zero attached hydrogens (tertiary/aromatic N) is 3. The van der Waals surface area contributed by atoms with Gasteiger partial charge in [0.2, 0.25) is 0 Å². The maximum atomic E-state index is 6.39. The second-order valence-electron chi connectivity index (χ2n) is 12.9. The first-order chi connectivity index (χ1) is 22.5. The quantitative estimate of drug-likeness (QED) is 0.191. The minimum absolute atomic E-state index is 0.0697. The molecule has 0 aliphatic heterocycles. The van der Waals surface area contributed by atoms with Gasteiger partial charge in [0.05, 0.1) is 0 Å². The zero-order valence-corrected chi connectivity index (χ0v) is 25.4. The molecule has 0 N–H and O–H groups in total. The van der Waals surface area contributed by atoms with Crippen LogP contribution in [0, 0.1) is 0 Å². The van der Waals surface area contributed by atoms with Crippen LogP contribution in [0.2, 0.25) is 0 Å². The molecule has 9 aromatic rings. The van der Waals surface area contributed by atoms with Gasteiger partial charge in [0.25, 0.3) is 0 Å². The van der Waals surface area contributed by atoms with Gasteiger partial charge in [-0.05, 0) is 74.1 Å². The van der Waals surface area contributed by atoms with E-state index in [4.69, 9.17) is 19.4 Å². The van der Waals surface area contributed by atoms with Gasteiger partial charge in [0.15, 0.2) is 17.1 Å². The van der Waals surface area contributed by atoms with E-state index in [9.17, 15) is 0 Å². The minimum atomic E-state index is -0.0697. The van der Waals surface area contributed by atoms with E-state index in [-0.39, 0.29) is 5.41 Å². The molecule has 0 unspecified atom stereocenters. The fourth-order valence-electron chi connectivity index (χ4n) is 7.61. The highest BCUT2D eigenvalue weighted by Gasteiger charge is 2.35. The van der Waals surface area contributed by atoms with E-state index in [1.165, 1.54) is 27.6 Å². The third-order valence-electron chi connectivity index (χ3n) is 9.88. The lowest BCUT2D eigenvalue weighted by atomic mass is 9.82. The van der Waals surface area contributed by atoms with Crippen LogP contribution in [0.5, 0.6) is 0 Å². The van der Waals surface area contributed by atoms with Crippen molar-refractivity contribution in [2.75, 3.05) is 0 Å². The zero-order chi connectivity index (χ0) is 30.6. The predicted molar refractivity (Wildman–Crippen MR) is 189 cm³/mol. The predicted octanol–water partition coefficient (Wildman–Crippen LogP) is 10.9. The Morgan fingerprint density at radius 2 is 1.20 bits per heavy atom. The van der Waals surface area contributed by atoms with E-state index >= 15 is 0 Å². The summed E-state index contributed by atoms with van der Waals surface area (Å²) in [5.41, 5.74) is 9.00. The van der Waals surface area contributed by atoms with Gasteiger partial charge in [-0.25, -0.2) is 15.0 Å². The summed E-state index contributed by atoms with van der Waals surface area (Å²) in [6.07, 6.45) is 0. The zero-order valence-electron chi connectivity index (χ0n) is 25.4. The fourth-order valence-corrected chi connectivity index (χ4v) is 7.61. The molecular weight excluding hydrogens is 562 g/mol. The van der Waals surface area contributed by atoms with Gasteiger partial charge in [0.1, 0.15) is 11.2 Å². The number of fused-ring (bicyclic) bond motifs is 13. The van der Waals surface area contributed by atoms with Crippen molar-refractivity contribution in [3.8, 4) is 22.5 Å². The maximum Gasteiger partial charge on any atom is 0.164 e. The van der Waals surface area contributed by atoms with Gasteiger partial charge in [0, 0.05) is 32.5 Å². The summed E-state index contributed by atoms with van der Waals surface area (Å²) in [5.74, 6) is 0.649.